The first-order valence-corrected chi connectivity index (χ1v) is 7.50. The smallest absolute Gasteiger partial charge is 0.321 e. The molecule has 2 rings (SSSR count). The minimum absolute atomic E-state index is 0.165. The zero-order chi connectivity index (χ0) is 14.5. The molecule has 0 bridgehead atoms. The van der Waals surface area contributed by atoms with E-state index in [4.69, 9.17) is 0 Å². The van der Waals surface area contributed by atoms with Gasteiger partial charge in [-0.25, -0.2) is 9.78 Å². The van der Waals surface area contributed by atoms with E-state index >= 15 is 0 Å². The van der Waals surface area contributed by atoms with E-state index in [1.54, 1.807) is 0 Å². The fourth-order valence-electron chi connectivity index (χ4n) is 1.74. The summed E-state index contributed by atoms with van der Waals surface area (Å²) in [5.74, 6) is 0.165. The molecule has 0 saturated heterocycles. The molecule has 3 N–H and O–H groups in total. The van der Waals surface area contributed by atoms with Crippen LogP contribution in [0.2, 0.25) is 0 Å². The number of hydrogen-bond acceptors (Lipinski definition) is 4. The van der Waals surface area contributed by atoms with Crippen LogP contribution in [0.1, 0.15) is 20.3 Å². The predicted molar refractivity (Wildman–Crippen MR) is 82.1 cm³/mol. The SMILES string of the molecule is CCC(C)C(O)CNC(=O)Nc1nc2ccccc2s1. The summed E-state index contributed by atoms with van der Waals surface area (Å²) in [6.45, 7) is 4.21. The van der Waals surface area contributed by atoms with Crippen molar-refractivity contribution in [3.8, 4) is 0 Å². The number of nitrogens with one attached hydrogen (secondary N) is 2. The van der Waals surface area contributed by atoms with E-state index in [2.05, 4.69) is 15.6 Å². The van der Waals surface area contributed by atoms with Gasteiger partial charge in [-0.3, -0.25) is 5.32 Å². The van der Waals surface area contributed by atoms with E-state index in [-0.39, 0.29) is 18.5 Å². The van der Waals surface area contributed by atoms with Crippen molar-refractivity contribution >= 4 is 32.7 Å². The van der Waals surface area contributed by atoms with Crippen LogP contribution in [0.4, 0.5) is 9.93 Å². The van der Waals surface area contributed by atoms with Crippen LogP contribution < -0.4 is 10.6 Å². The van der Waals surface area contributed by atoms with Gasteiger partial charge in [-0.1, -0.05) is 43.7 Å². The van der Waals surface area contributed by atoms with Gasteiger partial charge in [-0.05, 0) is 18.1 Å². The van der Waals surface area contributed by atoms with Crippen LogP contribution in [-0.2, 0) is 0 Å². The largest absolute Gasteiger partial charge is 0.391 e. The number of anilines is 1. The number of thiazole rings is 1. The Bertz CT molecular complexity index is 552. The van der Waals surface area contributed by atoms with Gasteiger partial charge in [-0.15, -0.1) is 0 Å². The second-order valence-corrected chi connectivity index (χ2v) is 5.81. The molecule has 108 valence electrons. The molecule has 0 aliphatic heterocycles. The van der Waals surface area contributed by atoms with Gasteiger partial charge < -0.3 is 10.4 Å². The number of carbonyl (C=O) groups is 1. The number of hydrogen-bond donors (Lipinski definition) is 3. The van der Waals surface area contributed by atoms with E-state index < -0.39 is 6.10 Å². The number of para-hydroxylation sites is 1. The van der Waals surface area contributed by atoms with Gasteiger partial charge in [0.2, 0.25) is 0 Å². The third kappa shape index (κ3) is 3.68. The van der Waals surface area contributed by atoms with Crippen molar-refractivity contribution in [1.82, 2.24) is 10.3 Å². The van der Waals surface area contributed by atoms with Crippen LogP contribution >= 0.6 is 11.3 Å². The first kappa shape index (κ1) is 14.7. The minimum atomic E-state index is -0.527. The van der Waals surface area contributed by atoms with Gasteiger partial charge in [0, 0.05) is 6.54 Å². The summed E-state index contributed by atoms with van der Waals surface area (Å²) < 4.78 is 1.03. The maximum absolute atomic E-state index is 11.7. The van der Waals surface area contributed by atoms with Crippen molar-refractivity contribution in [2.75, 3.05) is 11.9 Å². The quantitative estimate of drug-likeness (QED) is 0.793. The molecule has 5 nitrogen and oxygen atoms in total. The maximum Gasteiger partial charge on any atom is 0.321 e. The molecule has 6 heteroatoms. The molecular formula is C14H19N3O2S. The first-order valence-electron chi connectivity index (χ1n) is 6.68. The lowest BCUT2D eigenvalue weighted by Gasteiger charge is -2.17. The van der Waals surface area contributed by atoms with Gasteiger partial charge in [0.25, 0.3) is 0 Å². The van der Waals surface area contributed by atoms with Crippen LogP contribution in [0.3, 0.4) is 0 Å². The van der Waals surface area contributed by atoms with E-state index in [1.807, 2.05) is 38.1 Å². The Morgan fingerprint density at radius 1 is 1.45 bits per heavy atom. The number of rotatable bonds is 5. The molecule has 1 heterocycles. The Balaban J connectivity index is 1.88. The molecule has 1 aromatic heterocycles. The summed E-state index contributed by atoms with van der Waals surface area (Å²) in [5, 5.41) is 15.7. The van der Waals surface area contributed by atoms with Crippen molar-refractivity contribution < 1.29 is 9.90 Å². The molecule has 0 fully saturated rings. The summed E-state index contributed by atoms with van der Waals surface area (Å²) in [6, 6.07) is 7.37. The average Bonchev–Trinajstić information content (AvgIpc) is 2.85. The summed E-state index contributed by atoms with van der Waals surface area (Å²) >= 11 is 1.43. The summed E-state index contributed by atoms with van der Waals surface area (Å²) in [4.78, 5) is 16.1. The lowest BCUT2D eigenvalue weighted by molar-refractivity contribution is 0.115. The Labute approximate surface area is 122 Å². The molecule has 0 aliphatic carbocycles. The number of aliphatic hydroxyl groups excluding tert-OH is 1. The van der Waals surface area contributed by atoms with Gasteiger partial charge in [0.1, 0.15) is 0 Å². The van der Waals surface area contributed by atoms with Crippen molar-refractivity contribution in [2.45, 2.75) is 26.4 Å². The number of urea groups is 1. The predicted octanol–water partition coefficient (Wildman–Crippen LogP) is 2.82. The Kier molecular flexibility index (Phi) is 4.92. The molecule has 2 aromatic rings. The number of amides is 2. The molecule has 1 aromatic carbocycles. The zero-order valence-electron chi connectivity index (χ0n) is 11.6. The van der Waals surface area contributed by atoms with E-state index in [9.17, 15) is 9.90 Å². The molecule has 2 atom stereocenters. The highest BCUT2D eigenvalue weighted by Crippen LogP contribution is 2.25. The fraction of sp³-hybridized carbons (Fsp3) is 0.429. The van der Waals surface area contributed by atoms with Crippen LogP contribution in [0.5, 0.6) is 0 Å². The van der Waals surface area contributed by atoms with Gasteiger partial charge in [-0.2, -0.15) is 0 Å². The number of aliphatic hydroxyl groups is 1. The Morgan fingerprint density at radius 3 is 2.90 bits per heavy atom. The number of carbonyl (C=O) groups excluding carboxylic acids is 1. The number of fused-ring (bicyclic) bond motifs is 1. The lowest BCUT2D eigenvalue weighted by Crippen LogP contribution is -2.37. The van der Waals surface area contributed by atoms with Crippen LogP contribution in [0.25, 0.3) is 10.2 Å². The third-order valence-corrected chi connectivity index (χ3v) is 4.24. The highest BCUT2D eigenvalue weighted by Gasteiger charge is 2.14. The second-order valence-electron chi connectivity index (χ2n) is 4.77. The van der Waals surface area contributed by atoms with Crippen molar-refractivity contribution in [3.63, 3.8) is 0 Å². The van der Waals surface area contributed by atoms with E-state index in [1.165, 1.54) is 11.3 Å². The number of aromatic nitrogens is 1. The summed E-state index contributed by atoms with van der Waals surface area (Å²) in [6.07, 6.45) is 0.351. The van der Waals surface area contributed by atoms with Crippen LogP contribution in [0.15, 0.2) is 24.3 Å². The highest BCUT2D eigenvalue weighted by molar-refractivity contribution is 7.22. The van der Waals surface area contributed by atoms with Gasteiger partial charge in [0.05, 0.1) is 16.3 Å². The van der Waals surface area contributed by atoms with E-state index in [0.717, 1.165) is 16.6 Å². The molecular weight excluding hydrogens is 274 g/mol. The van der Waals surface area contributed by atoms with Crippen molar-refractivity contribution in [2.24, 2.45) is 5.92 Å². The first-order chi connectivity index (χ1) is 9.60. The molecule has 0 radical (unpaired) electrons. The minimum Gasteiger partial charge on any atom is -0.391 e. The second kappa shape index (κ2) is 6.67. The molecule has 2 unspecified atom stereocenters. The molecule has 0 spiro atoms. The third-order valence-electron chi connectivity index (χ3n) is 3.29. The highest BCUT2D eigenvalue weighted by atomic mass is 32.1. The van der Waals surface area contributed by atoms with Crippen molar-refractivity contribution in [3.05, 3.63) is 24.3 Å². The van der Waals surface area contributed by atoms with Crippen molar-refractivity contribution in [1.29, 1.82) is 0 Å². The lowest BCUT2D eigenvalue weighted by atomic mass is 10.0. The number of nitrogens with zero attached hydrogens (tertiary/aromatic N) is 1. The topological polar surface area (TPSA) is 74.2 Å². The van der Waals surface area contributed by atoms with Gasteiger partial charge in [0.15, 0.2) is 5.13 Å². The van der Waals surface area contributed by atoms with Crippen LogP contribution in [-0.4, -0.2) is 28.8 Å². The number of benzene rings is 1. The average molecular weight is 293 g/mol. The molecule has 0 aliphatic rings. The maximum atomic E-state index is 11.7. The monoisotopic (exact) mass is 293 g/mol. The summed E-state index contributed by atoms with van der Waals surface area (Å²) in [7, 11) is 0. The summed E-state index contributed by atoms with van der Waals surface area (Å²) in [5.41, 5.74) is 0.868. The standard InChI is InChI=1S/C14H19N3O2S/c1-3-9(2)11(18)8-15-13(19)17-14-16-10-6-4-5-7-12(10)20-14/h4-7,9,11,18H,3,8H2,1-2H3,(H2,15,16,17,19). The van der Waals surface area contributed by atoms with E-state index in [0.29, 0.717) is 5.13 Å². The molecule has 2 amide bonds. The Hall–Kier alpha value is -1.66. The fourth-order valence-corrected chi connectivity index (χ4v) is 2.60. The van der Waals surface area contributed by atoms with Gasteiger partial charge >= 0.3 is 6.03 Å². The Morgan fingerprint density at radius 2 is 2.20 bits per heavy atom. The zero-order valence-corrected chi connectivity index (χ0v) is 12.4. The molecule has 20 heavy (non-hydrogen) atoms. The normalized spacial score (nSPS) is 13.9. The molecule has 0 saturated carbocycles. The van der Waals surface area contributed by atoms with Crippen LogP contribution in [0, 0.1) is 5.92 Å².